The van der Waals surface area contributed by atoms with Crippen LogP contribution in [0.5, 0.6) is 0 Å². The van der Waals surface area contributed by atoms with E-state index in [1.807, 2.05) is 69.9 Å². The third kappa shape index (κ3) is 3.48. The van der Waals surface area contributed by atoms with Crippen molar-refractivity contribution in [3.63, 3.8) is 0 Å². The van der Waals surface area contributed by atoms with Gasteiger partial charge in [-0.1, -0.05) is 18.2 Å². The minimum atomic E-state index is 0.460. The Morgan fingerprint density at radius 1 is 0.871 bits per heavy atom. The summed E-state index contributed by atoms with van der Waals surface area (Å²) in [5.41, 5.74) is 4.50. The van der Waals surface area contributed by atoms with Crippen molar-refractivity contribution in [2.75, 3.05) is 10.6 Å². The van der Waals surface area contributed by atoms with Gasteiger partial charge in [-0.3, -0.25) is 4.57 Å². The number of nitrogens with one attached hydrogen (secondary N) is 2. The molecule has 0 atom stereocenters. The highest BCUT2D eigenvalue weighted by atomic mass is 15.2. The first-order valence-electron chi connectivity index (χ1n) is 10.3. The maximum atomic E-state index is 4.79. The molecule has 0 aliphatic heterocycles. The summed E-state index contributed by atoms with van der Waals surface area (Å²) < 4.78 is 3.95. The maximum Gasteiger partial charge on any atom is 0.231 e. The topological polar surface area (TPSA) is 85.5 Å². The van der Waals surface area contributed by atoms with E-state index in [0.29, 0.717) is 12.0 Å². The molecule has 3 heterocycles. The minimum absolute atomic E-state index is 0.460. The number of hydrogen-bond donors (Lipinski definition) is 2. The number of imidazole rings is 2. The highest BCUT2D eigenvalue weighted by Crippen LogP contribution is 2.30. The molecule has 0 bridgehead atoms. The van der Waals surface area contributed by atoms with E-state index in [1.54, 1.807) is 18.9 Å². The molecule has 1 aliphatic carbocycles. The number of rotatable bonds is 6. The number of aromatic nitrogens is 6. The molecule has 152 valence electrons. The molecule has 5 aromatic rings. The third-order valence-corrected chi connectivity index (χ3v) is 5.27. The van der Waals surface area contributed by atoms with E-state index in [1.165, 1.54) is 0 Å². The summed E-state index contributed by atoms with van der Waals surface area (Å²) in [5.74, 6) is 1.29. The van der Waals surface area contributed by atoms with Crippen molar-refractivity contribution in [2.24, 2.45) is 0 Å². The van der Waals surface area contributed by atoms with Crippen LogP contribution >= 0.6 is 0 Å². The Morgan fingerprint density at radius 2 is 1.71 bits per heavy atom. The zero-order chi connectivity index (χ0) is 20.6. The fraction of sp³-hybridized carbons (Fsp3) is 0.130. The second kappa shape index (κ2) is 7.24. The Bertz CT molecular complexity index is 1320. The molecule has 0 spiro atoms. The third-order valence-electron chi connectivity index (χ3n) is 5.27. The molecule has 1 fully saturated rings. The SMILES string of the molecule is c1ccc(-n2cnc3c(NC4CC4)nc(Nc4ccc(-n5ccnc5)cc4)nc32)cc1. The van der Waals surface area contributed by atoms with Gasteiger partial charge in [0.1, 0.15) is 6.33 Å². The Kier molecular flexibility index (Phi) is 4.12. The van der Waals surface area contributed by atoms with Crippen LogP contribution < -0.4 is 10.6 Å². The monoisotopic (exact) mass is 408 g/mol. The van der Waals surface area contributed by atoms with Gasteiger partial charge in [-0.2, -0.15) is 9.97 Å². The van der Waals surface area contributed by atoms with Crippen LogP contribution in [0.4, 0.5) is 17.5 Å². The summed E-state index contributed by atoms with van der Waals surface area (Å²) in [4.78, 5) is 18.2. The second-order valence-electron chi connectivity index (χ2n) is 7.58. The lowest BCUT2D eigenvalue weighted by atomic mass is 10.3. The van der Waals surface area contributed by atoms with E-state index >= 15 is 0 Å². The Morgan fingerprint density at radius 3 is 2.45 bits per heavy atom. The molecule has 8 nitrogen and oxygen atoms in total. The number of fused-ring (bicyclic) bond motifs is 1. The Hall–Kier alpha value is -4.20. The molecule has 1 saturated carbocycles. The smallest absolute Gasteiger partial charge is 0.231 e. The lowest BCUT2D eigenvalue weighted by molar-refractivity contribution is 1.05. The zero-order valence-corrected chi connectivity index (χ0v) is 16.7. The van der Waals surface area contributed by atoms with Crippen LogP contribution in [0.2, 0.25) is 0 Å². The molecular formula is C23H20N8. The molecule has 0 unspecified atom stereocenters. The minimum Gasteiger partial charge on any atom is -0.365 e. The van der Waals surface area contributed by atoms with Gasteiger partial charge in [0, 0.05) is 35.5 Å². The van der Waals surface area contributed by atoms with Crippen LogP contribution in [0, 0.1) is 0 Å². The maximum absolute atomic E-state index is 4.79. The van der Waals surface area contributed by atoms with Gasteiger partial charge in [0.25, 0.3) is 0 Å². The normalized spacial score (nSPS) is 13.4. The van der Waals surface area contributed by atoms with Crippen LogP contribution in [0.25, 0.3) is 22.5 Å². The predicted octanol–water partition coefficient (Wildman–Crippen LogP) is 4.32. The summed E-state index contributed by atoms with van der Waals surface area (Å²) >= 11 is 0. The van der Waals surface area contributed by atoms with E-state index in [0.717, 1.165) is 46.9 Å². The summed E-state index contributed by atoms with van der Waals surface area (Å²) in [6.07, 6.45) is 9.57. The number of benzene rings is 2. The number of anilines is 3. The van der Waals surface area contributed by atoms with Crippen LogP contribution in [-0.4, -0.2) is 35.1 Å². The van der Waals surface area contributed by atoms with Crippen molar-refractivity contribution < 1.29 is 0 Å². The largest absolute Gasteiger partial charge is 0.365 e. The average molecular weight is 408 g/mol. The van der Waals surface area contributed by atoms with Crippen molar-refractivity contribution in [1.82, 2.24) is 29.1 Å². The molecule has 8 heteroatoms. The molecule has 2 aromatic carbocycles. The van der Waals surface area contributed by atoms with Gasteiger partial charge in [-0.05, 0) is 49.2 Å². The summed E-state index contributed by atoms with van der Waals surface area (Å²) in [7, 11) is 0. The van der Waals surface area contributed by atoms with E-state index < -0.39 is 0 Å². The highest BCUT2D eigenvalue weighted by Gasteiger charge is 2.24. The van der Waals surface area contributed by atoms with Crippen molar-refractivity contribution in [3.05, 3.63) is 79.6 Å². The number of para-hydroxylation sites is 1. The van der Waals surface area contributed by atoms with Gasteiger partial charge in [-0.25, -0.2) is 9.97 Å². The molecule has 31 heavy (non-hydrogen) atoms. The molecule has 6 rings (SSSR count). The lowest BCUT2D eigenvalue weighted by Gasteiger charge is -2.11. The Balaban J connectivity index is 1.38. The van der Waals surface area contributed by atoms with Gasteiger partial charge in [0.15, 0.2) is 17.0 Å². The second-order valence-corrected chi connectivity index (χ2v) is 7.58. The molecule has 0 amide bonds. The van der Waals surface area contributed by atoms with E-state index in [-0.39, 0.29) is 0 Å². The van der Waals surface area contributed by atoms with Gasteiger partial charge in [-0.15, -0.1) is 0 Å². The Labute approximate surface area is 178 Å². The predicted molar refractivity (Wildman–Crippen MR) is 120 cm³/mol. The summed E-state index contributed by atoms with van der Waals surface area (Å²) in [6, 6.07) is 18.6. The first kappa shape index (κ1) is 17.6. The number of hydrogen-bond acceptors (Lipinski definition) is 6. The van der Waals surface area contributed by atoms with Crippen LogP contribution in [0.15, 0.2) is 79.6 Å². The van der Waals surface area contributed by atoms with E-state index in [9.17, 15) is 0 Å². The van der Waals surface area contributed by atoms with E-state index in [4.69, 9.17) is 9.97 Å². The van der Waals surface area contributed by atoms with Gasteiger partial charge >= 0.3 is 0 Å². The quantitative estimate of drug-likeness (QED) is 0.435. The summed E-state index contributed by atoms with van der Waals surface area (Å²) in [6.45, 7) is 0. The average Bonchev–Trinajstić information content (AvgIpc) is 3.27. The van der Waals surface area contributed by atoms with Crippen LogP contribution in [0.3, 0.4) is 0 Å². The molecule has 1 aliphatic rings. The first-order valence-corrected chi connectivity index (χ1v) is 10.3. The molecule has 2 N–H and O–H groups in total. The number of nitrogens with zero attached hydrogens (tertiary/aromatic N) is 6. The van der Waals surface area contributed by atoms with Gasteiger partial charge in [0.05, 0.1) is 6.33 Å². The van der Waals surface area contributed by atoms with E-state index in [2.05, 4.69) is 20.6 Å². The van der Waals surface area contributed by atoms with Crippen molar-refractivity contribution >= 4 is 28.6 Å². The van der Waals surface area contributed by atoms with Crippen molar-refractivity contribution in [3.8, 4) is 11.4 Å². The first-order chi connectivity index (χ1) is 15.3. The van der Waals surface area contributed by atoms with Crippen molar-refractivity contribution in [1.29, 1.82) is 0 Å². The standard InChI is InChI=1S/C23H20N8/c1-2-4-19(5-3-1)31-15-25-20-21(26-16-6-7-16)28-23(29-22(20)31)27-17-8-10-18(11-9-17)30-13-12-24-14-30/h1-5,8-16H,6-7H2,(H2,26,27,28,29). The van der Waals surface area contributed by atoms with Gasteiger partial charge in [0.2, 0.25) is 5.95 Å². The fourth-order valence-corrected chi connectivity index (χ4v) is 3.51. The summed E-state index contributed by atoms with van der Waals surface area (Å²) in [5, 5.41) is 6.84. The zero-order valence-electron chi connectivity index (χ0n) is 16.7. The van der Waals surface area contributed by atoms with Crippen molar-refractivity contribution in [2.45, 2.75) is 18.9 Å². The molecule has 0 radical (unpaired) electrons. The molecule has 3 aromatic heterocycles. The van der Waals surface area contributed by atoms with Gasteiger partial charge < -0.3 is 15.2 Å². The molecular weight excluding hydrogens is 388 g/mol. The lowest BCUT2D eigenvalue weighted by Crippen LogP contribution is -2.08. The fourth-order valence-electron chi connectivity index (χ4n) is 3.51. The highest BCUT2D eigenvalue weighted by molar-refractivity contribution is 5.86. The molecule has 0 saturated heterocycles. The van der Waals surface area contributed by atoms with Crippen LogP contribution in [-0.2, 0) is 0 Å². The van der Waals surface area contributed by atoms with Crippen LogP contribution in [0.1, 0.15) is 12.8 Å².